The Morgan fingerprint density at radius 3 is 2.71 bits per heavy atom. The van der Waals surface area contributed by atoms with Crippen molar-refractivity contribution >= 4 is 17.7 Å². The monoisotopic (exact) mass is 305 g/mol. The fraction of sp³-hybridized carbons (Fsp3) is 0.0667. The highest BCUT2D eigenvalue weighted by Gasteiger charge is 2.12. The molecule has 0 saturated heterocycles. The zero-order chi connectivity index (χ0) is 15.4. The number of rotatable bonds is 4. The Kier molecular flexibility index (Phi) is 4.55. The molecule has 0 aliphatic rings. The van der Waals surface area contributed by atoms with Gasteiger partial charge in [-0.15, -0.1) is 11.8 Å². The van der Waals surface area contributed by atoms with Gasteiger partial charge in [0.15, 0.2) is 0 Å². The van der Waals surface area contributed by atoms with Gasteiger partial charge in [0, 0.05) is 10.6 Å². The summed E-state index contributed by atoms with van der Waals surface area (Å²) < 4.78 is 27.1. The van der Waals surface area contributed by atoms with Gasteiger partial charge in [-0.1, -0.05) is 12.1 Å². The van der Waals surface area contributed by atoms with Crippen molar-refractivity contribution in [3.63, 3.8) is 0 Å². The van der Waals surface area contributed by atoms with Crippen molar-refractivity contribution < 1.29 is 18.7 Å². The van der Waals surface area contributed by atoms with Crippen molar-refractivity contribution in [2.75, 3.05) is 0 Å². The lowest BCUT2D eigenvalue weighted by molar-refractivity contribution is 0.0691. The average molecular weight is 305 g/mol. The second kappa shape index (κ2) is 6.37. The number of aromatic carboxylic acids is 1. The first kappa shape index (κ1) is 15.0. The van der Waals surface area contributed by atoms with Crippen LogP contribution in [0.1, 0.15) is 21.5 Å². The van der Waals surface area contributed by atoms with Gasteiger partial charge in [-0.3, -0.25) is 0 Å². The summed E-state index contributed by atoms with van der Waals surface area (Å²) in [5, 5.41) is 17.6. The summed E-state index contributed by atoms with van der Waals surface area (Å²) in [7, 11) is 0. The summed E-state index contributed by atoms with van der Waals surface area (Å²) in [6.45, 7) is 0. The first-order valence-corrected chi connectivity index (χ1v) is 6.84. The molecule has 0 unspecified atom stereocenters. The zero-order valence-corrected chi connectivity index (χ0v) is 11.5. The van der Waals surface area contributed by atoms with E-state index in [4.69, 9.17) is 10.4 Å². The van der Waals surface area contributed by atoms with Crippen LogP contribution in [-0.4, -0.2) is 11.1 Å². The standard InChI is InChI=1S/C15H9F2NO2S/c16-13-5-4-11(6-12(13)15(19)20)21-8-10-3-1-2-9(7-18)14(10)17/h1-6H,8H2,(H,19,20). The Bertz CT molecular complexity index is 741. The van der Waals surface area contributed by atoms with E-state index in [1.165, 1.54) is 30.0 Å². The second-order valence-corrected chi connectivity index (χ2v) is 5.17. The van der Waals surface area contributed by atoms with Crippen LogP contribution in [0, 0.1) is 23.0 Å². The molecule has 0 heterocycles. The van der Waals surface area contributed by atoms with E-state index in [1.54, 1.807) is 18.2 Å². The number of nitriles is 1. The second-order valence-electron chi connectivity index (χ2n) is 4.13. The SMILES string of the molecule is N#Cc1cccc(CSc2ccc(F)c(C(=O)O)c2)c1F. The Hall–Kier alpha value is -2.39. The van der Waals surface area contributed by atoms with E-state index >= 15 is 0 Å². The summed E-state index contributed by atoms with van der Waals surface area (Å²) in [6.07, 6.45) is 0. The van der Waals surface area contributed by atoms with Gasteiger partial charge in [0.05, 0.1) is 11.1 Å². The fourth-order valence-corrected chi connectivity index (χ4v) is 2.61. The molecule has 0 bridgehead atoms. The Morgan fingerprint density at radius 2 is 2.05 bits per heavy atom. The maximum Gasteiger partial charge on any atom is 0.338 e. The molecule has 0 saturated carbocycles. The lowest BCUT2D eigenvalue weighted by Gasteiger charge is -2.06. The number of halogens is 2. The summed E-state index contributed by atoms with van der Waals surface area (Å²) in [5.41, 5.74) is -0.134. The molecule has 0 atom stereocenters. The number of hydrogen-bond acceptors (Lipinski definition) is 3. The van der Waals surface area contributed by atoms with Crippen molar-refractivity contribution in [1.29, 1.82) is 5.26 Å². The molecule has 21 heavy (non-hydrogen) atoms. The zero-order valence-electron chi connectivity index (χ0n) is 10.6. The van der Waals surface area contributed by atoms with Crippen LogP contribution in [0.5, 0.6) is 0 Å². The lowest BCUT2D eigenvalue weighted by Crippen LogP contribution is -2.00. The third-order valence-corrected chi connectivity index (χ3v) is 3.80. The maximum absolute atomic E-state index is 13.9. The number of carboxylic acid groups (broad SMARTS) is 1. The van der Waals surface area contributed by atoms with Crippen molar-refractivity contribution in [2.24, 2.45) is 0 Å². The largest absolute Gasteiger partial charge is 0.478 e. The highest BCUT2D eigenvalue weighted by molar-refractivity contribution is 7.98. The molecule has 6 heteroatoms. The Labute approximate surface area is 123 Å². The number of benzene rings is 2. The van der Waals surface area contributed by atoms with E-state index < -0.39 is 23.2 Å². The van der Waals surface area contributed by atoms with Crippen LogP contribution in [0.4, 0.5) is 8.78 Å². The third kappa shape index (κ3) is 3.38. The molecule has 0 spiro atoms. The van der Waals surface area contributed by atoms with Crippen LogP contribution in [0.3, 0.4) is 0 Å². The predicted molar refractivity (Wildman–Crippen MR) is 74.0 cm³/mol. The van der Waals surface area contributed by atoms with E-state index in [-0.39, 0.29) is 11.3 Å². The maximum atomic E-state index is 13.9. The van der Waals surface area contributed by atoms with Crippen LogP contribution in [0.15, 0.2) is 41.3 Å². The molecule has 0 aliphatic carbocycles. The molecule has 0 radical (unpaired) electrons. The van der Waals surface area contributed by atoms with Gasteiger partial charge in [0.25, 0.3) is 0 Å². The van der Waals surface area contributed by atoms with Gasteiger partial charge in [-0.2, -0.15) is 5.26 Å². The normalized spacial score (nSPS) is 10.1. The third-order valence-electron chi connectivity index (χ3n) is 2.76. The topological polar surface area (TPSA) is 61.1 Å². The van der Waals surface area contributed by atoms with Gasteiger partial charge >= 0.3 is 5.97 Å². The van der Waals surface area contributed by atoms with Crippen LogP contribution < -0.4 is 0 Å². The molecule has 106 valence electrons. The molecule has 3 nitrogen and oxygen atoms in total. The summed E-state index contributed by atoms with van der Waals surface area (Å²) in [5.74, 6) is -2.54. The smallest absolute Gasteiger partial charge is 0.338 e. The minimum atomic E-state index is -1.35. The fourth-order valence-electron chi connectivity index (χ4n) is 1.70. The van der Waals surface area contributed by atoms with E-state index in [0.717, 1.165) is 6.07 Å². The molecule has 0 aromatic heterocycles. The molecular formula is C15H9F2NO2S. The quantitative estimate of drug-likeness (QED) is 0.872. The molecule has 2 aromatic rings. The van der Waals surface area contributed by atoms with E-state index in [1.807, 2.05) is 0 Å². The van der Waals surface area contributed by atoms with Gasteiger partial charge in [-0.25, -0.2) is 13.6 Å². The van der Waals surface area contributed by atoms with Crippen LogP contribution in [0.25, 0.3) is 0 Å². The van der Waals surface area contributed by atoms with E-state index in [9.17, 15) is 13.6 Å². The van der Waals surface area contributed by atoms with Gasteiger partial charge in [-0.05, 0) is 29.8 Å². The molecular weight excluding hydrogens is 296 g/mol. The molecule has 2 rings (SSSR count). The van der Waals surface area contributed by atoms with Crippen molar-refractivity contribution in [2.45, 2.75) is 10.6 Å². The van der Waals surface area contributed by atoms with Crippen molar-refractivity contribution in [3.8, 4) is 6.07 Å². The minimum Gasteiger partial charge on any atom is -0.478 e. The molecule has 0 fully saturated rings. The summed E-state index contributed by atoms with van der Waals surface area (Å²) in [4.78, 5) is 11.4. The number of carboxylic acids is 1. The number of hydrogen-bond donors (Lipinski definition) is 1. The number of carbonyl (C=O) groups is 1. The van der Waals surface area contributed by atoms with Crippen molar-refractivity contribution in [3.05, 3.63) is 64.7 Å². The van der Waals surface area contributed by atoms with E-state index in [2.05, 4.69) is 0 Å². The highest BCUT2D eigenvalue weighted by Crippen LogP contribution is 2.26. The van der Waals surface area contributed by atoms with Crippen LogP contribution >= 0.6 is 11.8 Å². The Morgan fingerprint density at radius 1 is 1.29 bits per heavy atom. The first-order chi connectivity index (χ1) is 10.0. The summed E-state index contributed by atoms with van der Waals surface area (Å²) in [6, 6.07) is 9.95. The van der Waals surface area contributed by atoms with Gasteiger partial charge in [0.2, 0.25) is 0 Å². The molecule has 0 aliphatic heterocycles. The molecule has 2 aromatic carbocycles. The van der Waals surface area contributed by atoms with Gasteiger partial charge < -0.3 is 5.11 Å². The van der Waals surface area contributed by atoms with Crippen molar-refractivity contribution in [1.82, 2.24) is 0 Å². The highest BCUT2D eigenvalue weighted by atomic mass is 32.2. The van der Waals surface area contributed by atoms with Crippen LogP contribution in [0.2, 0.25) is 0 Å². The first-order valence-electron chi connectivity index (χ1n) is 5.86. The molecule has 0 amide bonds. The minimum absolute atomic E-state index is 0.0431. The number of thioether (sulfide) groups is 1. The summed E-state index contributed by atoms with van der Waals surface area (Å²) >= 11 is 1.17. The Balaban J connectivity index is 2.20. The molecule has 1 N–H and O–H groups in total. The average Bonchev–Trinajstić information content (AvgIpc) is 2.47. The lowest BCUT2D eigenvalue weighted by atomic mass is 10.1. The predicted octanol–water partition coefficient (Wildman–Crippen LogP) is 3.83. The number of nitrogens with zero attached hydrogens (tertiary/aromatic N) is 1. The van der Waals surface area contributed by atoms with Gasteiger partial charge in [0.1, 0.15) is 17.7 Å². The van der Waals surface area contributed by atoms with E-state index in [0.29, 0.717) is 10.5 Å². The van der Waals surface area contributed by atoms with Crippen LogP contribution in [-0.2, 0) is 5.75 Å².